The maximum absolute atomic E-state index is 12.0. The number of aromatic nitrogens is 1. The van der Waals surface area contributed by atoms with Crippen molar-refractivity contribution in [3.05, 3.63) is 29.5 Å². The average Bonchev–Trinajstić information content (AvgIpc) is 3.22. The number of carbonyl (C=O) groups is 1. The third-order valence-electron chi connectivity index (χ3n) is 3.51. The fourth-order valence-electron chi connectivity index (χ4n) is 2.31. The molecule has 118 valence electrons. The lowest BCUT2D eigenvalue weighted by Crippen LogP contribution is -2.38. The van der Waals surface area contributed by atoms with Gasteiger partial charge in [0.05, 0.1) is 19.5 Å². The van der Waals surface area contributed by atoms with Gasteiger partial charge in [0, 0.05) is 25.0 Å². The normalized spacial score (nSPS) is 15.8. The number of furan rings is 1. The van der Waals surface area contributed by atoms with Crippen LogP contribution in [0.2, 0.25) is 0 Å². The van der Waals surface area contributed by atoms with Gasteiger partial charge < -0.3 is 14.5 Å². The molecule has 0 spiro atoms. The highest BCUT2D eigenvalue weighted by Crippen LogP contribution is 2.23. The van der Waals surface area contributed by atoms with Gasteiger partial charge >= 0.3 is 0 Å². The molecule has 0 aromatic carbocycles. The van der Waals surface area contributed by atoms with Crippen LogP contribution < -0.4 is 5.32 Å². The fourth-order valence-corrected chi connectivity index (χ4v) is 3.08. The van der Waals surface area contributed by atoms with Crippen molar-refractivity contribution < 1.29 is 13.9 Å². The molecule has 6 nitrogen and oxygen atoms in total. The topological polar surface area (TPSA) is 67.6 Å². The third-order valence-corrected chi connectivity index (χ3v) is 4.37. The molecule has 3 heterocycles. The van der Waals surface area contributed by atoms with Crippen LogP contribution in [-0.2, 0) is 4.74 Å². The molecule has 1 fully saturated rings. The van der Waals surface area contributed by atoms with Gasteiger partial charge in [0.25, 0.3) is 5.91 Å². The number of hydrogen-bond acceptors (Lipinski definition) is 6. The van der Waals surface area contributed by atoms with Gasteiger partial charge in [-0.1, -0.05) is 0 Å². The highest BCUT2D eigenvalue weighted by Gasteiger charge is 2.13. The summed E-state index contributed by atoms with van der Waals surface area (Å²) in [5.74, 6) is 0.562. The second-order valence-electron chi connectivity index (χ2n) is 5.08. The van der Waals surface area contributed by atoms with Gasteiger partial charge in [-0.05, 0) is 25.1 Å². The minimum absolute atomic E-state index is 0.129. The Morgan fingerprint density at radius 1 is 1.41 bits per heavy atom. The van der Waals surface area contributed by atoms with E-state index in [1.807, 2.05) is 12.1 Å². The van der Waals surface area contributed by atoms with E-state index in [1.165, 1.54) is 11.3 Å². The maximum atomic E-state index is 12.0. The van der Waals surface area contributed by atoms with Gasteiger partial charge in [-0.2, -0.15) is 0 Å². The number of ether oxygens (including phenoxy) is 1. The standard InChI is InChI=1S/C15H19N3O3S/c19-14(16-4-2-5-18-6-9-20-10-7-18)12-11-22-15(17-12)13-3-1-8-21-13/h1,3,8,11H,2,4-7,9-10H2,(H,16,19). The first-order valence-electron chi connectivity index (χ1n) is 7.40. The van der Waals surface area contributed by atoms with Crippen LogP contribution in [0.3, 0.4) is 0 Å². The van der Waals surface area contributed by atoms with Crippen molar-refractivity contribution >= 4 is 17.2 Å². The zero-order valence-corrected chi connectivity index (χ0v) is 13.1. The van der Waals surface area contributed by atoms with E-state index in [0.717, 1.165) is 44.3 Å². The Hall–Kier alpha value is -1.70. The first-order valence-corrected chi connectivity index (χ1v) is 8.28. The summed E-state index contributed by atoms with van der Waals surface area (Å²) >= 11 is 1.41. The van der Waals surface area contributed by atoms with E-state index in [9.17, 15) is 4.79 Å². The SMILES string of the molecule is O=C(NCCCN1CCOCC1)c1csc(-c2ccco2)n1. The van der Waals surface area contributed by atoms with Crippen molar-refractivity contribution in [1.82, 2.24) is 15.2 Å². The number of nitrogens with zero attached hydrogens (tertiary/aromatic N) is 2. The van der Waals surface area contributed by atoms with Crippen molar-refractivity contribution in [2.45, 2.75) is 6.42 Å². The molecule has 2 aromatic heterocycles. The summed E-state index contributed by atoms with van der Waals surface area (Å²) in [6.45, 7) is 5.21. The van der Waals surface area contributed by atoms with Crippen molar-refractivity contribution in [2.75, 3.05) is 39.4 Å². The second-order valence-corrected chi connectivity index (χ2v) is 5.94. The van der Waals surface area contributed by atoms with Crippen molar-refractivity contribution in [3.8, 4) is 10.8 Å². The number of thiazole rings is 1. The van der Waals surface area contributed by atoms with Crippen molar-refractivity contribution in [1.29, 1.82) is 0 Å². The zero-order valence-electron chi connectivity index (χ0n) is 12.3. The Kier molecular flexibility index (Phi) is 5.20. The van der Waals surface area contributed by atoms with E-state index in [2.05, 4.69) is 15.2 Å². The molecule has 1 aliphatic heterocycles. The molecule has 1 aliphatic rings. The molecule has 22 heavy (non-hydrogen) atoms. The van der Waals surface area contributed by atoms with Crippen LogP contribution in [-0.4, -0.2) is 55.2 Å². The molecule has 0 radical (unpaired) electrons. The van der Waals surface area contributed by atoms with E-state index >= 15 is 0 Å². The number of morpholine rings is 1. The third kappa shape index (κ3) is 3.94. The van der Waals surface area contributed by atoms with Crippen LogP contribution in [0.25, 0.3) is 10.8 Å². The predicted molar refractivity (Wildman–Crippen MR) is 84.0 cm³/mol. The molecule has 1 amide bonds. The number of hydrogen-bond donors (Lipinski definition) is 1. The Morgan fingerprint density at radius 3 is 3.05 bits per heavy atom. The van der Waals surface area contributed by atoms with E-state index < -0.39 is 0 Å². The molecule has 0 bridgehead atoms. The van der Waals surface area contributed by atoms with E-state index in [-0.39, 0.29) is 5.91 Å². The van der Waals surface area contributed by atoms with Crippen LogP contribution in [0.15, 0.2) is 28.2 Å². The lowest BCUT2D eigenvalue weighted by molar-refractivity contribution is 0.0374. The van der Waals surface area contributed by atoms with Gasteiger partial charge in [-0.3, -0.25) is 9.69 Å². The molecule has 1 saturated heterocycles. The Balaban J connectivity index is 1.42. The molecule has 2 aromatic rings. The molecule has 1 N–H and O–H groups in total. The summed E-state index contributed by atoms with van der Waals surface area (Å²) in [4.78, 5) is 18.7. The van der Waals surface area contributed by atoms with Crippen molar-refractivity contribution in [3.63, 3.8) is 0 Å². The first-order chi connectivity index (χ1) is 10.8. The first kappa shape index (κ1) is 15.2. The summed E-state index contributed by atoms with van der Waals surface area (Å²) in [5.41, 5.74) is 0.447. The quantitative estimate of drug-likeness (QED) is 0.823. The maximum Gasteiger partial charge on any atom is 0.270 e. The largest absolute Gasteiger partial charge is 0.462 e. The number of nitrogens with one attached hydrogen (secondary N) is 1. The highest BCUT2D eigenvalue weighted by atomic mass is 32.1. The summed E-state index contributed by atoms with van der Waals surface area (Å²) < 4.78 is 10.6. The lowest BCUT2D eigenvalue weighted by Gasteiger charge is -2.26. The Morgan fingerprint density at radius 2 is 2.27 bits per heavy atom. The Bertz CT molecular complexity index is 591. The highest BCUT2D eigenvalue weighted by molar-refractivity contribution is 7.13. The second kappa shape index (κ2) is 7.53. The molecule has 3 rings (SSSR count). The van der Waals surface area contributed by atoms with E-state index in [0.29, 0.717) is 18.0 Å². The van der Waals surface area contributed by atoms with Crippen LogP contribution >= 0.6 is 11.3 Å². The minimum Gasteiger partial charge on any atom is -0.462 e. The van der Waals surface area contributed by atoms with Crippen LogP contribution in [0.1, 0.15) is 16.9 Å². The number of carbonyl (C=O) groups excluding carboxylic acids is 1. The average molecular weight is 321 g/mol. The summed E-state index contributed by atoms with van der Waals surface area (Å²) in [7, 11) is 0. The van der Waals surface area contributed by atoms with Gasteiger partial charge in [0.1, 0.15) is 5.69 Å². The fraction of sp³-hybridized carbons (Fsp3) is 0.467. The number of rotatable bonds is 6. The van der Waals surface area contributed by atoms with Gasteiger partial charge in [0.15, 0.2) is 10.8 Å². The monoisotopic (exact) mass is 321 g/mol. The number of amides is 1. The van der Waals surface area contributed by atoms with Gasteiger partial charge in [-0.15, -0.1) is 11.3 Å². The molecular formula is C15H19N3O3S. The van der Waals surface area contributed by atoms with Crippen LogP contribution in [0, 0.1) is 0 Å². The lowest BCUT2D eigenvalue weighted by atomic mass is 10.3. The summed E-state index contributed by atoms with van der Waals surface area (Å²) in [6.07, 6.45) is 2.53. The van der Waals surface area contributed by atoms with Gasteiger partial charge in [-0.25, -0.2) is 4.98 Å². The zero-order chi connectivity index (χ0) is 15.2. The molecular weight excluding hydrogens is 302 g/mol. The van der Waals surface area contributed by atoms with Gasteiger partial charge in [0.2, 0.25) is 0 Å². The van der Waals surface area contributed by atoms with Crippen molar-refractivity contribution in [2.24, 2.45) is 0 Å². The molecule has 0 atom stereocenters. The molecule has 0 unspecified atom stereocenters. The molecule has 0 saturated carbocycles. The van der Waals surface area contributed by atoms with Crippen LogP contribution in [0.5, 0.6) is 0 Å². The summed E-state index contributed by atoms with van der Waals surface area (Å²) in [5, 5.41) is 5.40. The van der Waals surface area contributed by atoms with E-state index in [4.69, 9.17) is 9.15 Å². The molecule has 7 heteroatoms. The minimum atomic E-state index is -0.129. The Labute approximate surface area is 133 Å². The smallest absolute Gasteiger partial charge is 0.270 e. The van der Waals surface area contributed by atoms with E-state index in [1.54, 1.807) is 11.6 Å². The predicted octanol–water partition coefficient (Wildman–Crippen LogP) is 1.86. The summed E-state index contributed by atoms with van der Waals surface area (Å²) in [6, 6.07) is 3.64. The molecule has 0 aliphatic carbocycles. The van der Waals surface area contributed by atoms with Crippen LogP contribution in [0.4, 0.5) is 0 Å².